The third kappa shape index (κ3) is 4.61. The van der Waals surface area contributed by atoms with Gasteiger partial charge in [-0.3, -0.25) is 4.98 Å². The van der Waals surface area contributed by atoms with Crippen molar-refractivity contribution in [3.05, 3.63) is 77.6 Å². The fourth-order valence-corrected chi connectivity index (χ4v) is 4.42. The molecule has 1 heterocycles. The fourth-order valence-electron chi connectivity index (χ4n) is 4.10. The summed E-state index contributed by atoms with van der Waals surface area (Å²) >= 11 is 2.27. The number of hydrogen-bond acceptors (Lipinski definition) is 5. The number of anilines is 4. The number of fused-ring (bicyclic) bond motifs is 1. The number of carboxylic acid groups (broad SMARTS) is 1. The first-order valence-electron chi connectivity index (χ1n) is 10.2. The van der Waals surface area contributed by atoms with Gasteiger partial charge >= 0.3 is 5.97 Å². The highest BCUT2D eigenvalue weighted by Gasteiger charge is 2.23. The van der Waals surface area contributed by atoms with E-state index in [1.54, 1.807) is 6.20 Å². The van der Waals surface area contributed by atoms with Crippen molar-refractivity contribution in [3.63, 3.8) is 0 Å². The molecular weight excluding hydrogens is 503 g/mol. The molecule has 1 aliphatic rings. The van der Waals surface area contributed by atoms with E-state index in [0.717, 1.165) is 18.5 Å². The van der Waals surface area contributed by atoms with Gasteiger partial charge in [0.25, 0.3) is 0 Å². The normalized spacial score (nSPS) is 14.7. The minimum Gasteiger partial charge on any atom is -0.478 e. The molecule has 0 radical (unpaired) electrons. The Hall–Kier alpha value is -2.81. The predicted octanol–water partition coefficient (Wildman–Crippen LogP) is 5.48. The van der Waals surface area contributed by atoms with Crippen molar-refractivity contribution in [2.24, 2.45) is 0 Å². The lowest BCUT2D eigenvalue weighted by atomic mass is 10.0. The van der Waals surface area contributed by atoms with Crippen LogP contribution in [0.2, 0.25) is 0 Å². The minimum absolute atomic E-state index is 0.255. The van der Waals surface area contributed by atoms with E-state index in [1.165, 1.54) is 34.8 Å². The van der Waals surface area contributed by atoms with Gasteiger partial charge in [-0.15, -0.1) is 0 Å². The summed E-state index contributed by atoms with van der Waals surface area (Å²) in [7, 11) is 4.12. The maximum absolute atomic E-state index is 11.4. The van der Waals surface area contributed by atoms with Crippen molar-refractivity contribution >= 4 is 51.6 Å². The molecule has 3 aromatic rings. The Morgan fingerprint density at radius 3 is 2.55 bits per heavy atom. The quantitative estimate of drug-likeness (QED) is 0.313. The molecule has 6 nitrogen and oxygen atoms in total. The molecule has 31 heavy (non-hydrogen) atoms. The SMILES string of the molecule is CN(I)c1ccc(N(C)c2ccc3c(c2)CC[C@@H]3CNc2cnccc2C(=O)O)cc1. The van der Waals surface area contributed by atoms with Crippen molar-refractivity contribution in [1.29, 1.82) is 0 Å². The summed E-state index contributed by atoms with van der Waals surface area (Å²) in [6, 6.07) is 16.7. The van der Waals surface area contributed by atoms with E-state index >= 15 is 0 Å². The largest absolute Gasteiger partial charge is 0.478 e. The monoisotopic (exact) mass is 528 g/mol. The highest BCUT2D eigenvalue weighted by molar-refractivity contribution is 14.1. The van der Waals surface area contributed by atoms with Crippen LogP contribution in [0.5, 0.6) is 0 Å². The van der Waals surface area contributed by atoms with Gasteiger partial charge in [0, 0.05) is 49.8 Å². The topological polar surface area (TPSA) is 68.7 Å². The molecule has 7 heteroatoms. The number of nitrogens with zero attached hydrogens (tertiary/aromatic N) is 3. The second-order valence-electron chi connectivity index (χ2n) is 7.78. The number of aromatic nitrogens is 1. The summed E-state index contributed by atoms with van der Waals surface area (Å²) < 4.78 is 2.07. The molecule has 0 bridgehead atoms. The van der Waals surface area contributed by atoms with E-state index in [1.807, 2.05) is 7.05 Å². The second-order valence-corrected chi connectivity index (χ2v) is 9.23. The highest BCUT2D eigenvalue weighted by Crippen LogP contribution is 2.37. The van der Waals surface area contributed by atoms with Crippen LogP contribution in [0, 0.1) is 0 Å². The number of hydrogen-bond donors (Lipinski definition) is 2. The molecule has 2 aromatic carbocycles. The van der Waals surface area contributed by atoms with E-state index < -0.39 is 5.97 Å². The third-order valence-corrected chi connectivity index (χ3v) is 6.46. The molecule has 1 atom stereocenters. The summed E-state index contributed by atoms with van der Waals surface area (Å²) in [6.45, 7) is 0.694. The molecule has 0 amide bonds. The highest BCUT2D eigenvalue weighted by atomic mass is 127. The molecule has 1 aliphatic carbocycles. The number of carbonyl (C=O) groups is 1. The molecule has 0 aliphatic heterocycles. The Bertz CT molecular complexity index is 1090. The summed E-state index contributed by atoms with van der Waals surface area (Å²) in [5, 5.41) is 12.7. The average Bonchev–Trinajstić information content (AvgIpc) is 3.19. The Morgan fingerprint density at radius 1 is 1.13 bits per heavy atom. The number of rotatable bonds is 7. The molecule has 2 N–H and O–H groups in total. The zero-order valence-electron chi connectivity index (χ0n) is 17.5. The van der Waals surface area contributed by atoms with Crippen LogP contribution < -0.4 is 13.3 Å². The van der Waals surface area contributed by atoms with Crippen LogP contribution in [-0.2, 0) is 6.42 Å². The van der Waals surface area contributed by atoms with E-state index in [2.05, 4.69) is 90.7 Å². The summed E-state index contributed by atoms with van der Waals surface area (Å²) in [5.41, 5.74) is 7.02. The smallest absolute Gasteiger partial charge is 0.337 e. The van der Waals surface area contributed by atoms with Gasteiger partial charge in [-0.05, 0) is 66.4 Å². The zero-order valence-corrected chi connectivity index (χ0v) is 19.7. The molecule has 1 aromatic heterocycles. The average molecular weight is 528 g/mol. The standard InChI is InChI=1S/C24H25IN4O2/c1-28(18-5-7-19(8-6-18)29(2)25)20-9-10-21-16(13-20)3-4-17(21)14-27-23-15-26-12-11-22(23)24(30)31/h5-13,15,17,27H,3-4,14H2,1-2H3,(H,30,31)/t17-/m1/s1. The first-order chi connectivity index (χ1) is 14.9. The van der Waals surface area contributed by atoms with Gasteiger partial charge < -0.3 is 18.4 Å². The van der Waals surface area contributed by atoms with Gasteiger partial charge in [-0.25, -0.2) is 4.79 Å². The summed E-state index contributed by atoms with van der Waals surface area (Å²) in [4.78, 5) is 17.7. The van der Waals surface area contributed by atoms with Crippen molar-refractivity contribution in [3.8, 4) is 0 Å². The Labute approximate surface area is 196 Å². The van der Waals surface area contributed by atoms with Crippen LogP contribution in [0.3, 0.4) is 0 Å². The molecule has 0 fully saturated rings. The van der Waals surface area contributed by atoms with Crippen LogP contribution >= 0.6 is 22.9 Å². The van der Waals surface area contributed by atoms with Gasteiger partial charge in [-0.2, -0.15) is 0 Å². The lowest BCUT2D eigenvalue weighted by Crippen LogP contribution is -2.14. The van der Waals surface area contributed by atoms with E-state index in [9.17, 15) is 9.90 Å². The van der Waals surface area contributed by atoms with Crippen LogP contribution in [0.4, 0.5) is 22.7 Å². The molecule has 0 unspecified atom stereocenters. The first-order valence-corrected chi connectivity index (χ1v) is 11.2. The molecule has 0 spiro atoms. The van der Waals surface area contributed by atoms with Gasteiger partial charge in [-0.1, -0.05) is 6.07 Å². The Kier molecular flexibility index (Phi) is 6.31. The Balaban J connectivity index is 1.47. The van der Waals surface area contributed by atoms with Crippen molar-refractivity contribution in [1.82, 2.24) is 4.98 Å². The van der Waals surface area contributed by atoms with Crippen LogP contribution in [0.25, 0.3) is 0 Å². The maximum Gasteiger partial charge on any atom is 0.337 e. The number of aromatic carboxylic acids is 1. The first kappa shape index (κ1) is 21.4. The van der Waals surface area contributed by atoms with E-state index in [0.29, 0.717) is 18.2 Å². The van der Waals surface area contributed by atoms with Crippen molar-refractivity contribution in [2.75, 3.05) is 34.0 Å². The number of pyridine rings is 1. The van der Waals surface area contributed by atoms with Crippen LogP contribution in [0.15, 0.2) is 60.9 Å². The van der Waals surface area contributed by atoms with Gasteiger partial charge in [0.1, 0.15) is 0 Å². The molecule has 0 saturated carbocycles. The van der Waals surface area contributed by atoms with E-state index in [4.69, 9.17) is 0 Å². The summed E-state index contributed by atoms with van der Waals surface area (Å²) in [6.07, 6.45) is 5.17. The third-order valence-electron chi connectivity index (χ3n) is 5.90. The number of nitrogens with one attached hydrogen (secondary N) is 1. The number of benzene rings is 2. The number of halogens is 1. The molecule has 160 valence electrons. The van der Waals surface area contributed by atoms with E-state index in [-0.39, 0.29) is 5.56 Å². The van der Waals surface area contributed by atoms with Crippen molar-refractivity contribution < 1.29 is 9.90 Å². The number of aryl methyl sites for hydroxylation is 1. The maximum atomic E-state index is 11.4. The number of carboxylic acids is 1. The minimum atomic E-state index is -0.942. The predicted molar refractivity (Wildman–Crippen MR) is 134 cm³/mol. The van der Waals surface area contributed by atoms with Gasteiger partial charge in [0.15, 0.2) is 0 Å². The molecule has 0 saturated heterocycles. The lowest BCUT2D eigenvalue weighted by Gasteiger charge is -2.22. The Morgan fingerprint density at radius 2 is 1.84 bits per heavy atom. The molecule has 4 rings (SSSR count). The zero-order chi connectivity index (χ0) is 22.0. The van der Waals surface area contributed by atoms with Crippen LogP contribution in [-0.4, -0.2) is 36.7 Å². The van der Waals surface area contributed by atoms with Gasteiger partial charge in [0.05, 0.1) is 40.3 Å². The fraction of sp³-hybridized carbons (Fsp3) is 0.250. The van der Waals surface area contributed by atoms with Crippen LogP contribution in [0.1, 0.15) is 33.8 Å². The van der Waals surface area contributed by atoms with Crippen molar-refractivity contribution in [2.45, 2.75) is 18.8 Å². The molecular formula is C24H25IN4O2. The second kappa shape index (κ2) is 9.13. The lowest BCUT2D eigenvalue weighted by molar-refractivity contribution is 0.0698. The summed E-state index contributed by atoms with van der Waals surface area (Å²) in [5.74, 6) is -0.586. The van der Waals surface area contributed by atoms with Gasteiger partial charge in [0.2, 0.25) is 0 Å².